The Balaban J connectivity index is 1.78. The Bertz CT molecular complexity index is 1170. The number of nitrogens with zero attached hydrogens (tertiary/aromatic N) is 1. The summed E-state index contributed by atoms with van der Waals surface area (Å²) in [5, 5.41) is 10.6. The van der Waals surface area contributed by atoms with Crippen LogP contribution in [0.25, 0.3) is 0 Å². The summed E-state index contributed by atoms with van der Waals surface area (Å²) >= 11 is 12.1. The Morgan fingerprint density at radius 2 is 1.90 bits per heavy atom. The van der Waals surface area contributed by atoms with Gasteiger partial charge in [0.25, 0.3) is 5.91 Å². The van der Waals surface area contributed by atoms with Crippen LogP contribution >= 0.6 is 23.2 Å². The Kier molecular flexibility index (Phi) is 5.79. The van der Waals surface area contributed by atoms with Gasteiger partial charge in [0.2, 0.25) is 15.9 Å². The number of halogens is 2. The van der Waals surface area contributed by atoms with Gasteiger partial charge in [-0.15, -0.1) is 0 Å². The van der Waals surface area contributed by atoms with Gasteiger partial charge >= 0.3 is 6.03 Å². The van der Waals surface area contributed by atoms with Crippen molar-refractivity contribution in [3.05, 3.63) is 58.1 Å². The lowest BCUT2D eigenvalue weighted by Gasteiger charge is -2.23. The number of benzene rings is 2. The Hall–Kier alpha value is -2.66. The highest BCUT2D eigenvalue weighted by atomic mass is 35.5. The van der Waals surface area contributed by atoms with Crippen molar-refractivity contribution in [1.82, 2.24) is 10.2 Å². The van der Waals surface area contributed by atoms with Gasteiger partial charge in [0.1, 0.15) is 12.1 Å². The van der Waals surface area contributed by atoms with Crippen molar-refractivity contribution in [2.45, 2.75) is 17.4 Å². The minimum atomic E-state index is -3.96. The molecule has 0 bridgehead atoms. The van der Waals surface area contributed by atoms with E-state index in [1.165, 1.54) is 43.3 Å². The molecule has 30 heavy (non-hydrogen) atoms. The molecule has 1 fully saturated rings. The average Bonchev–Trinajstić information content (AvgIpc) is 2.85. The van der Waals surface area contributed by atoms with Crippen LogP contribution in [0.1, 0.15) is 12.5 Å². The van der Waals surface area contributed by atoms with E-state index in [1.807, 2.05) is 0 Å². The summed E-state index contributed by atoms with van der Waals surface area (Å²) in [6, 6.07) is 8.98. The van der Waals surface area contributed by atoms with E-state index >= 15 is 0 Å². The zero-order valence-corrected chi connectivity index (χ0v) is 17.8. The third-order valence-corrected chi connectivity index (χ3v) is 5.95. The predicted molar refractivity (Wildman–Crippen MR) is 111 cm³/mol. The van der Waals surface area contributed by atoms with Crippen LogP contribution in [-0.4, -0.2) is 37.7 Å². The van der Waals surface area contributed by atoms with E-state index in [-0.39, 0.29) is 15.6 Å². The number of carbonyl (C=O) groups excluding carboxylic acids is 3. The molecule has 0 saturated carbocycles. The molecule has 0 unspecified atom stereocenters. The van der Waals surface area contributed by atoms with Gasteiger partial charge < -0.3 is 10.6 Å². The second-order valence-electron chi connectivity index (χ2n) is 6.69. The number of urea groups is 1. The molecule has 0 aromatic heterocycles. The van der Waals surface area contributed by atoms with Crippen LogP contribution in [0.15, 0.2) is 47.4 Å². The monoisotopic (exact) mass is 470 g/mol. The molecule has 2 aromatic carbocycles. The molecule has 4 amide bonds. The molecule has 1 aliphatic heterocycles. The molecule has 1 heterocycles. The molecule has 1 saturated heterocycles. The minimum Gasteiger partial charge on any atom is -0.324 e. The Morgan fingerprint density at radius 3 is 2.53 bits per heavy atom. The first-order chi connectivity index (χ1) is 13.9. The van der Waals surface area contributed by atoms with Crippen molar-refractivity contribution in [2.24, 2.45) is 5.14 Å². The van der Waals surface area contributed by atoms with Crippen molar-refractivity contribution in [1.29, 1.82) is 0 Å². The van der Waals surface area contributed by atoms with Gasteiger partial charge in [-0.05, 0) is 37.3 Å². The Labute approximate surface area is 182 Å². The fraction of sp³-hybridized carbons (Fsp3) is 0.167. The van der Waals surface area contributed by atoms with Gasteiger partial charge in [-0.2, -0.15) is 0 Å². The minimum absolute atomic E-state index is 0.141. The summed E-state index contributed by atoms with van der Waals surface area (Å²) in [5.74, 6) is -1.39. The summed E-state index contributed by atoms with van der Waals surface area (Å²) in [5.41, 5.74) is -1.01. The summed E-state index contributed by atoms with van der Waals surface area (Å²) < 4.78 is 22.9. The number of amides is 4. The van der Waals surface area contributed by atoms with Gasteiger partial charge in [0.05, 0.1) is 4.90 Å². The van der Waals surface area contributed by atoms with Crippen LogP contribution < -0.4 is 15.8 Å². The topological polar surface area (TPSA) is 139 Å². The standard InChI is InChI=1S/C18H16Cl2N4O5S/c1-18(13-6-5-10(19)7-14(13)20)16(26)24(17(27)23-18)9-15(25)22-11-3-2-4-12(8-11)30(21,28)29/h2-8H,9H2,1H3,(H,22,25)(H,23,27)(H2,21,28,29)/t18-/m0/s1. The van der Waals surface area contributed by atoms with Crippen molar-refractivity contribution in [3.63, 3.8) is 0 Å². The number of nitrogens with one attached hydrogen (secondary N) is 2. The predicted octanol–water partition coefficient (Wildman–Crippen LogP) is 2.05. The number of anilines is 1. The lowest BCUT2D eigenvalue weighted by Crippen LogP contribution is -2.42. The third-order valence-electron chi connectivity index (χ3n) is 4.49. The maximum atomic E-state index is 12.9. The molecule has 0 spiro atoms. The molecule has 1 atom stereocenters. The van der Waals surface area contributed by atoms with Gasteiger partial charge in [0, 0.05) is 21.3 Å². The molecule has 12 heteroatoms. The summed E-state index contributed by atoms with van der Waals surface area (Å²) in [4.78, 5) is 38.2. The third kappa shape index (κ3) is 4.26. The van der Waals surface area contributed by atoms with E-state index in [9.17, 15) is 22.8 Å². The van der Waals surface area contributed by atoms with Crippen molar-refractivity contribution >= 4 is 56.8 Å². The number of sulfonamides is 1. The first kappa shape index (κ1) is 22.0. The molecular weight excluding hydrogens is 455 g/mol. The molecule has 0 aliphatic carbocycles. The fourth-order valence-electron chi connectivity index (χ4n) is 3.01. The molecule has 4 N–H and O–H groups in total. The van der Waals surface area contributed by atoms with E-state index in [1.54, 1.807) is 0 Å². The van der Waals surface area contributed by atoms with E-state index in [0.29, 0.717) is 10.6 Å². The number of rotatable bonds is 5. The zero-order valence-electron chi connectivity index (χ0n) is 15.5. The Morgan fingerprint density at radius 1 is 1.20 bits per heavy atom. The van der Waals surface area contributed by atoms with E-state index in [4.69, 9.17) is 28.3 Å². The van der Waals surface area contributed by atoms with Crippen LogP contribution in [0.2, 0.25) is 10.0 Å². The molecular formula is C18H16Cl2N4O5S. The molecule has 9 nitrogen and oxygen atoms in total. The van der Waals surface area contributed by atoms with E-state index in [0.717, 1.165) is 11.0 Å². The summed E-state index contributed by atoms with van der Waals surface area (Å²) in [6.45, 7) is 0.876. The number of nitrogens with two attached hydrogens (primary N) is 1. The molecule has 2 aromatic rings. The highest BCUT2D eigenvalue weighted by Gasteiger charge is 2.50. The molecule has 3 rings (SSSR count). The maximum Gasteiger partial charge on any atom is 0.325 e. The summed E-state index contributed by atoms with van der Waals surface area (Å²) in [7, 11) is -3.96. The fourth-order valence-corrected chi connectivity index (χ4v) is 4.17. The SMILES string of the molecule is C[C@@]1(c2ccc(Cl)cc2Cl)NC(=O)N(CC(=O)Nc2cccc(S(N)(=O)=O)c2)C1=O. The van der Waals surface area contributed by atoms with Crippen molar-refractivity contribution < 1.29 is 22.8 Å². The molecule has 1 aliphatic rings. The van der Waals surface area contributed by atoms with Crippen molar-refractivity contribution in [3.8, 4) is 0 Å². The number of primary sulfonamides is 1. The average molecular weight is 471 g/mol. The zero-order chi connectivity index (χ0) is 22.3. The lowest BCUT2D eigenvalue weighted by molar-refractivity contribution is -0.133. The van der Waals surface area contributed by atoms with Crippen LogP contribution in [0.5, 0.6) is 0 Å². The van der Waals surface area contributed by atoms with Gasteiger partial charge in [-0.3, -0.25) is 14.5 Å². The smallest absolute Gasteiger partial charge is 0.324 e. The highest BCUT2D eigenvalue weighted by molar-refractivity contribution is 7.89. The second kappa shape index (κ2) is 7.88. The lowest BCUT2D eigenvalue weighted by atomic mass is 9.92. The van der Waals surface area contributed by atoms with Gasteiger partial charge in [0.15, 0.2) is 0 Å². The maximum absolute atomic E-state index is 12.9. The molecule has 0 radical (unpaired) electrons. The number of hydrogen-bond acceptors (Lipinski definition) is 5. The number of hydrogen-bond donors (Lipinski definition) is 3. The summed E-state index contributed by atoms with van der Waals surface area (Å²) in [6.07, 6.45) is 0. The van der Waals surface area contributed by atoms with Crippen LogP contribution in [-0.2, 0) is 25.2 Å². The first-order valence-electron chi connectivity index (χ1n) is 8.44. The highest BCUT2D eigenvalue weighted by Crippen LogP contribution is 2.34. The van der Waals surface area contributed by atoms with E-state index < -0.39 is 40.0 Å². The normalized spacial score (nSPS) is 19.0. The van der Waals surface area contributed by atoms with Gasteiger partial charge in [-0.25, -0.2) is 18.4 Å². The van der Waals surface area contributed by atoms with Crippen LogP contribution in [0.4, 0.5) is 10.5 Å². The van der Waals surface area contributed by atoms with E-state index in [2.05, 4.69) is 10.6 Å². The second-order valence-corrected chi connectivity index (χ2v) is 9.10. The van der Waals surface area contributed by atoms with Crippen molar-refractivity contribution in [2.75, 3.05) is 11.9 Å². The van der Waals surface area contributed by atoms with Gasteiger partial charge in [-0.1, -0.05) is 35.3 Å². The van der Waals surface area contributed by atoms with Crippen LogP contribution in [0, 0.1) is 0 Å². The first-order valence-corrected chi connectivity index (χ1v) is 10.7. The quantitative estimate of drug-likeness (QED) is 0.573. The number of carbonyl (C=O) groups is 3. The largest absolute Gasteiger partial charge is 0.325 e. The van der Waals surface area contributed by atoms with Crippen LogP contribution in [0.3, 0.4) is 0 Å². The number of imide groups is 1. The molecule has 158 valence electrons.